The summed E-state index contributed by atoms with van der Waals surface area (Å²) >= 11 is 12.7. The van der Waals surface area contributed by atoms with Crippen molar-refractivity contribution in [3.63, 3.8) is 0 Å². The van der Waals surface area contributed by atoms with E-state index in [-0.39, 0.29) is 5.92 Å². The van der Waals surface area contributed by atoms with Crippen LogP contribution in [0.4, 0.5) is 0 Å². The molecule has 2 unspecified atom stereocenters. The van der Waals surface area contributed by atoms with Gasteiger partial charge in [0.15, 0.2) is 0 Å². The minimum Gasteiger partial charge on any atom is -0.330 e. The van der Waals surface area contributed by atoms with Crippen LogP contribution in [-0.2, 0) is 0 Å². The third-order valence-corrected chi connectivity index (χ3v) is 4.82. The number of likely N-dealkylation sites (tertiary alicyclic amines) is 1. The number of hydrogen-bond acceptors (Lipinski definition) is 2. The smallest absolute Gasteiger partial charge is 0.0456 e. The molecule has 1 aromatic rings. The second kappa shape index (κ2) is 6.94. The third-order valence-electron chi connectivity index (χ3n) is 4.16. The Morgan fingerprint density at radius 2 is 2.00 bits per heavy atom. The number of benzene rings is 1. The van der Waals surface area contributed by atoms with Gasteiger partial charge in [0.2, 0.25) is 0 Å². The lowest BCUT2D eigenvalue weighted by Gasteiger charge is -2.40. The molecule has 0 aromatic heterocycles. The van der Waals surface area contributed by atoms with Crippen LogP contribution in [0.2, 0.25) is 10.0 Å². The number of halogens is 2. The van der Waals surface area contributed by atoms with Crippen molar-refractivity contribution < 1.29 is 0 Å². The summed E-state index contributed by atoms with van der Waals surface area (Å²) in [6.07, 6.45) is 3.72. The average molecular weight is 301 g/mol. The molecule has 1 aliphatic heterocycles. The number of rotatable bonds is 4. The zero-order valence-corrected chi connectivity index (χ0v) is 12.9. The fourth-order valence-corrected chi connectivity index (χ4v) is 3.88. The van der Waals surface area contributed by atoms with Crippen molar-refractivity contribution in [3.05, 3.63) is 33.8 Å². The first-order valence-electron chi connectivity index (χ1n) is 7.07. The fraction of sp³-hybridized carbons (Fsp3) is 0.600. The van der Waals surface area contributed by atoms with Gasteiger partial charge in [-0.2, -0.15) is 0 Å². The summed E-state index contributed by atoms with van der Waals surface area (Å²) in [6, 6.07) is 6.16. The van der Waals surface area contributed by atoms with Crippen LogP contribution >= 0.6 is 23.2 Å². The first-order chi connectivity index (χ1) is 9.19. The van der Waals surface area contributed by atoms with Crippen molar-refractivity contribution in [2.75, 3.05) is 19.6 Å². The molecule has 1 heterocycles. The summed E-state index contributed by atoms with van der Waals surface area (Å²) in [6.45, 7) is 5.01. The van der Waals surface area contributed by atoms with Crippen molar-refractivity contribution >= 4 is 23.2 Å². The highest BCUT2D eigenvalue weighted by atomic mass is 35.5. The fourth-order valence-electron chi connectivity index (χ4n) is 3.20. The van der Waals surface area contributed by atoms with E-state index in [1.54, 1.807) is 0 Å². The van der Waals surface area contributed by atoms with E-state index >= 15 is 0 Å². The number of nitrogens with zero attached hydrogens (tertiary/aromatic N) is 1. The Morgan fingerprint density at radius 1 is 1.32 bits per heavy atom. The Hall–Kier alpha value is -0.280. The second-order valence-electron chi connectivity index (χ2n) is 5.17. The molecule has 2 atom stereocenters. The van der Waals surface area contributed by atoms with Gasteiger partial charge in [-0.25, -0.2) is 0 Å². The lowest BCUT2D eigenvalue weighted by atomic mass is 9.85. The van der Waals surface area contributed by atoms with E-state index in [4.69, 9.17) is 28.9 Å². The van der Waals surface area contributed by atoms with Crippen molar-refractivity contribution in [3.8, 4) is 0 Å². The summed E-state index contributed by atoms with van der Waals surface area (Å²) in [5.41, 5.74) is 7.07. The molecule has 0 aliphatic carbocycles. The summed E-state index contributed by atoms with van der Waals surface area (Å²) in [5, 5.41) is 1.48. The molecule has 1 aromatic carbocycles. The van der Waals surface area contributed by atoms with E-state index in [2.05, 4.69) is 11.8 Å². The Morgan fingerprint density at radius 3 is 2.58 bits per heavy atom. The predicted octanol–water partition coefficient (Wildman–Crippen LogP) is 3.91. The molecule has 2 N–H and O–H groups in total. The van der Waals surface area contributed by atoms with Gasteiger partial charge in [-0.3, -0.25) is 0 Å². The normalized spacial score (nSPS) is 22.4. The van der Waals surface area contributed by atoms with Crippen molar-refractivity contribution in [1.29, 1.82) is 0 Å². The van der Waals surface area contributed by atoms with Gasteiger partial charge in [-0.1, -0.05) is 42.6 Å². The summed E-state index contributed by atoms with van der Waals surface area (Å²) in [4.78, 5) is 2.51. The van der Waals surface area contributed by atoms with E-state index in [1.807, 2.05) is 18.2 Å². The van der Waals surface area contributed by atoms with Crippen LogP contribution < -0.4 is 5.73 Å². The highest BCUT2D eigenvalue weighted by Gasteiger charge is 2.31. The van der Waals surface area contributed by atoms with Gasteiger partial charge < -0.3 is 10.6 Å². The first kappa shape index (κ1) is 15.1. The molecular weight excluding hydrogens is 279 g/mol. The predicted molar refractivity (Wildman–Crippen MR) is 83.1 cm³/mol. The van der Waals surface area contributed by atoms with Gasteiger partial charge in [0.05, 0.1) is 0 Å². The molecular formula is C15H22Cl2N2. The highest BCUT2D eigenvalue weighted by Crippen LogP contribution is 2.37. The molecule has 0 spiro atoms. The quantitative estimate of drug-likeness (QED) is 0.913. The van der Waals surface area contributed by atoms with Gasteiger partial charge in [0.1, 0.15) is 0 Å². The highest BCUT2D eigenvalue weighted by molar-refractivity contribution is 6.36. The Bertz CT molecular complexity index is 402. The van der Waals surface area contributed by atoms with Crippen molar-refractivity contribution in [2.45, 2.75) is 38.1 Å². The zero-order valence-electron chi connectivity index (χ0n) is 11.4. The van der Waals surface area contributed by atoms with Crippen LogP contribution in [0.1, 0.15) is 37.7 Å². The molecule has 2 rings (SSSR count). The van der Waals surface area contributed by atoms with E-state index in [1.165, 1.54) is 19.3 Å². The van der Waals surface area contributed by atoms with Gasteiger partial charge in [0, 0.05) is 28.5 Å². The van der Waals surface area contributed by atoms with E-state index in [0.29, 0.717) is 12.6 Å². The summed E-state index contributed by atoms with van der Waals surface area (Å²) < 4.78 is 0. The average Bonchev–Trinajstić information content (AvgIpc) is 2.43. The molecule has 0 saturated carbocycles. The van der Waals surface area contributed by atoms with Crippen LogP contribution in [0.3, 0.4) is 0 Å². The molecule has 1 aliphatic rings. The van der Waals surface area contributed by atoms with Crippen LogP contribution in [0.25, 0.3) is 0 Å². The lowest BCUT2D eigenvalue weighted by molar-refractivity contribution is 0.134. The molecule has 4 heteroatoms. The van der Waals surface area contributed by atoms with Crippen LogP contribution in [0, 0.1) is 0 Å². The van der Waals surface area contributed by atoms with Gasteiger partial charge in [-0.05, 0) is 43.6 Å². The van der Waals surface area contributed by atoms with Gasteiger partial charge in [0.25, 0.3) is 0 Å². The molecule has 2 nitrogen and oxygen atoms in total. The second-order valence-corrected chi connectivity index (χ2v) is 5.98. The lowest BCUT2D eigenvalue weighted by Crippen LogP contribution is -2.45. The Balaban J connectivity index is 2.33. The molecule has 0 radical (unpaired) electrons. The maximum absolute atomic E-state index is 6.35. The standard InChI is InChI=1S/C15H22Cl2N2/c1-2-19-9-4-3-8-14(19)11(10-18)15-12(16)6-5-7-13(15)17/h5-7,11,14H,2-4,8-10,18H2,1H3. The van der Waals surface area contributed by atoms with Crippen LogP contribution in [0.5, 0.6) is 0 Å². The molecule has 1 fully saturated rings. The molecule has 0 bridgehead atoms. The summed E-state index contributed by atoms with van der Waals surface area (Å²) in [7, 11) is 0. The maximum atomic E-state index is 6.35. The van der Waals surface area contributed by atoms with Crippen LogP contribution in [-0.4, -0.2) is 30.6 Å². The maximum Gasteiger partial charge on any atom is 0.0456 e. The Labute approximate surface area is 125 Å². The number of nitrogens with two attached hydrogens (primary N) is 1. The molecule has 106 valence electrons. The topological polar surface area (TPSA) is 29.3 Å². The van der Waals surface area contributed by atoms with E-state index in [9.17, 15) is 0 Å². The minimum absolute atomic E-state index is 0.224. The van der Waals surface area contributed by atoms with E-state index < -0.39 is 0 Å². The number of piperidine rings is 1. The van der Waals surface area contributed by atoms with Gasteiger partial charge in [-0.15, -0.1) is 0 Å². The zero-order chi connectivity index (χ0) is 13.8. The van der Waals surface area contributed by atoms with Crippen LogP contribution in [0.15, 0.2) is 18.2 Å². The van der Waals surface area contributed by atoms with Crippen molar-refractivity contribution in [2.24, 2.45) is 5.73 Å². The number of likely N-dealkylation sites (N-methyl/N-ethyl adjacent to an activating group) is 1. The van der Waals surface area contributed by atoms with E-state index in [0.717, 1.165) is 28.7 Å². The Kier molecular flexibility index (Phi) is 5.52. The third kappa shape index (κ3) is 3.25. The number of hydrogen-bond donors (Lipinski definition) is 1. The first-order valence-corrected chi connectivity index (χ1v) is 7.82. The monoisotopic (exact) mass is 300 g/mol. The van der Waals surface area contributed by atoms with Crippen molar-refractivity contribution in [1.82, 2.24) is 4.90 Å². The minimum atomic E-state index is 0.224. The molecule has 0 amide bonds. The van der Waals surface area contributed by atoms with Gasteiger partial charge >= 0.3 is 0 Å². The summed E-state index contributed by atoms with van der Waals surface area (Å²) in [5.74, 6) is 0.224. The SMILES string of the molecule is CCN1CCCCC1C(CN)c1c(Cl)cccc1Cl. The molecule has 1 saturated heterocycles. The molecule has 19 heavy (non-hydrogen) atoms. The largest absolute Gasteiger partial charge is 0.330 e.